The predicted octanol–water partition coefficient (Wildman–Crippen LogP) is 2.06. The van der Waals surface area contributed by atoms with Gasteiger partial charge in [0.15, 0.2) is 5.12 Å². The van der Waals surface area contributed by atoms with Crippen LogP contribution in [0.2, 0.25) is 0 Å². The molecule has 1 N–H and O–H groups in total. The molecular formula is C9H18O2S. The molecule has 0 amide bonds. The van der Waals surface area contributed by atoms with E-state index in [1.807, 2.05) is 27.7 Å². The van der Waals surface area contributed by atoms with Crippen LogP contribution >= 0.6 is 11.8 Å². The number of rotatable bonds is 3. The molecule has 1 atom stereocenters. The summed E-state index contributed by atoms with van der Waals surface area (Å²) in [6, 6.07) is 0. The lowest BCUT2D eigenvalue weighted by atomic mass is 10.1. The van der Waals surface area contributed by atoms with Crippen LogP contribution in [0.4, 0.5) is 0 Å². The van der Waals surface area contributed by atoms with E-state index in [1.165, 1.54) is 11.8 Å². The summed E-state index contributed by atoms with van der Waals surface area (Å²) in [5.74, 6) is -0.186. The summed E-state index contributed by atoms with van der Waals surface area (Å²) in [5, 5.41) is 8.96. The largest absolute Gasteiger partial charge is 0.396 e. The summed E-state index contributed by atoms with van der Waals surface area (Å²) in [5.41, 5.74) is 0. The van der Waals surface area contributed by atoms with Crippen molar-refractivity contribution in [3.05, 3.63) is 0 Å². The van der Waals surface area contributed by atoms with Crippen molar-refractivity contribution in [1.82, 2.24) is 0 Å². The molecule has 0 aliphatic heterocycles. The third-order valence-corrected chi connectivity index (χ3v) is 2.60. The van der Waals surface area contributed by atoms with E-state index in [9.17, 15) is 4.79 Å². The van der Waals surface area contributed by atoms with Crippen LogP contribution in [0, 0.1) is 5.92 Å². The van der Waals surface area contributed by atoms with E-state index >= 15 is 0 Å². The summed E-state index contributed by atoms with van der Waals surface area (Å²) in [6.07, 6.45) is 0.721. The van der Waals surface area contributed by atoms with Crippen LogP contribution in [0.25, 0.3) is 0 Å². The molecule has 0 heterocycles. The molecule has 0 aliphatic carbocycles. The number of hydrogen-bond donors (Lipinski definition) is 1. The molecule has 0 aromatic carbocycles. The maximum atomic E-state index is 11.4. The van der Waals surface area contributed by atoms with Crippen molar-refractivity contribution < 1.29 is 9.90 Å². The molecule has 2 nitrogen and oxygen atoms in total. The Kier molecular flexibility index (Phi) is 4.87. The minimum Gasteiger partial charge on any atom is -0.396 e. The zero-order valence-electron chi connectivity index (χ0n) is 8.26. The molecule has 0 saturated heterocycles. The van der Waals surface area contributed by atoms with E-state index in [4.69, 9.17) is 5.11 Å². The summed E-state index contributed by atoms with van der Waals surface area (Å²) in [6.45, 7) is 7.89. The fraction of sp³-hybridized carbons (Fsp3) is 0.889. The highest BCUT2D eigenvalue weighted by molar-refractivity contribution is 8.14. The lowest BCUT2D eigenvalue weighted by molar-refractivity contribution is -0.115. The first-order chi connectivity index (χ1) is 5.40. The van der Waals surface area contributed by atoms with Gasteiger partial charge in [-0.3, -0.25) is 4.79 Å². The van der Waals surface area contributed by atoms with Crippen molar-refractivity contribution in [3.8, 4) is 0 Å². The van der Waals surface area contributed by atoms with E-state index in [-0.39, 0.29) is 22.4 Å². The number of aliphatic hydroxyl groups is 1. The number of hydrogen-bond acceptors (Lipinski definition) is 3. The van der Waals surface area contributed by atoms with E-state index < -0.39 is 0 Å². The lowest BCUT2D eigenvalue weighted by Gasteiger charge is -2.19. The second kappa shape index (κ2) is 4.87. The predicted molar refractivity (Wildman–Crippen MR) is 53.2 cm³/mol. The minimum absolute atomic E-state index is 0.0294. The summed E-state index contributed by atoms with van der Waals surface area (Å²) in [7, 11) is 0. The van der Waals surface area contributed by atoms with Gasteiger partial charge in [-0.05, 0) is 6.42 Å². The number of thioether (sulfide) groups is 1. The zero-order chi connectivity index (χ0) is 9.78. The molecule has 0 radical (unpaired) electrons. The van der Waals surface area contributed by atoms with Crippen molar-refractivity contribution in [2.45, 2.75) is 38.9 Å². The fourth-order valence-electron chi connectivity index (χ4n) is 0.755. The van der Waals surface area contributed by atoms with Gasteiger partial charge in [0.05, 0.1) is 12.5 Å². The Morgan fingerprint density at radius 3 is 2.25 bits per heavy atom. The van der Waals surface area contributed by atoms with Gasteiger partial charge < -0.3 is 5.11 Å². The molecular weight excluding hydrogens is 172 g/mol. The standard InChI is InChI=1S/C9H18O2S/c1-5-7(6-10)8(11)12-9(2,3)4/h7,10H,5-6H2,1-4H3. The molecule has 0 fully saturated rings. The molecule has 0 aromatic heterocycles. The molecule has 0 aliphatic rings. The first-order valence-electron chi connectivity index (χ1n) is 4.24. The summed E-state index contributed by atoms with van der Waals surface area (Å²) < 4.78 is -0.0420. The number of carbonyl (C=O) groups excluding carboxylic acids is 1. The van der Waals surface area contributed by atoms with Crippen molar-refractivity contribution in [1.29, 1.82) is 0 Å². The second-order valence-electron chi connectivity index (χ2n) is 3.82. The van der Waals surface area contributed by atoms with Gasteiger partial charge in [0, 0.05) is 4.75 Å². The van der Waals surface area contributed by atoms with Crippen molar-refractivity contribution in [2.75, 3.05) is 6.61 Å². The average Bonchev–Trinajstić information content (AvgIpc) is 1.85. The van der Waals surface area contributed by atoms with Crippen LogP contribution in [0.5, 0.6) is 0 Å². The Morgan fingerprint density at radius 1 is 1.50 bits per heavy atom. The van der Waals surface area contributed by atoms with Crippen molar-refractivity contribution in [2.24, 2.45) is 5.92 Å². The maximum absolute atomic E-state index is 11.4. The van der Waals surface area contributed by atoms with Gasteiger partial charge in [-0.1, -0.05) is 39.5 Å². The number of carbonyl (C=O) groups is 1. The molecule has 3 heteroatoms. The molecule has 0 aromatic rings. The van der Waals surface area contributed by atoms with Crippen LogP contribution in [0.3, 0.4) is 0 Å². The first kappa shape index (κ1) is 12.0. The summed E-state index contributed by atoms with van der Waals surface area (Å²) >= 11 is 1.32. The zero-order valence-corrected chi connectivity index (χ0v) is 9.07. The quantitative estimate of drug-likeness (QED) is 0.740. The van der Waals surface area contributed by atoms with Crippen LogP contribution in [0.15, 0.2) is 0 Å². The monoisotopic (exact) mass is 190 g/mol. The minimum atomic E-state index is -0.186. The Labute approximate surface area is 78.7 Å². The van der Waals surface area contributed by atoms with Crippen LogP contribution in [-0.4, -0.2) is 21.6 Å². The SMILES string of the molecule is CCC(CO)C(=O)SC(C)(C)C. The van der Waals surface area contributed by atoms with Gasteiger partial charge in [0.2, 0.25) is 0 Å². The van der Waals surface area contributed by atoms with E-state index in [0.29, 0.717) is 0 Å². The second-order valence-corrected chi connectivity index (χ2v) is 5.65. The topological polar surface area (TPSA) is 37.3 Å². The molecule has 12 heavy (non-hydrogen) atoms. The first-order valence-corrected chi connectivity index (χ1v) is 5.06. The molecule has 0 saturated carbocycles. The van der Waals surface area contributed by atoms with Gasteiger partial charge in [-0.15, -0.1) is 0 Å². The average molecular weight is 190 g/mol. The van der Waals surface area contributed by atoms with Gasteiger partial charge >= 0.3 is 0 Å². The third-order valence-electron chi connectivity index (χ3n) is 1.45. The normalized spacial score (nSPS) is 14.4. The smallest absolute Gasteiger partial charge is 0.194 e. The molecule has 0 bridgehead atoms. The summed E-state index contributed by atoms with van der Waals surface area (Å²) in [4.78, 5) is 11.4. The highest BCUT2D eigenvalue weighted by Crippen LogP contribution is 2.27. The van der Waals surface area contributed by atoms with Gasteiger partial charge in [-0.2, -0.15) is 0 Å². The Morgan fingerprint density at radius 2 is 2.00 bits per heavy atom. The van der Waals surface area contributed by atoms with E-state index in [2.05, 4.69) is 0 Å². The van der Waals surface area contributed by atoms with Crippen LogP contribution in [0.1, 0.15) is 34.1 Å². The van der Waals surface area contributed by atoms with E-state index in [0.717, 1.165) is 6.42 Å². The van der Waals surface area contributed by atoms with E-state index in [1.54, 1.807) is 0 Å². The highest BCUT2D eigenvalue weighted by atomic mass is 32.2. The lowest BCUT2D eigenvalue weighted by Crippen LogP contribution is -2.20. The Hall–Kier alpha value is -0.0200. The van der Waals surface area contributed by atoms with Crippen LogP contribution < -0.4 is 0 Å². The van der Waals surface area contributed by atoms with Crippen molar-refractivity contribution in [3.63, 3.8) is 0 Å². The maximum Gasteiger partial charge on any atom is 0.194 e. The van der Waals surface area contributed by atoms with Crippen LogP contribution in [-0.2, 0) is 4.79 Å². The highest BCUT2D eigenvalue weighted by Gasteiger charge is 2.22. The van der Waals surface area contributed by atoms with Gasteiger partial charge in [-0.25, -0.2) is 0 Å². The Bertz CT molecular complexity index is 145. The van der Waals surface area contributed by atoms with Gasteiger partial charge in [0.25, 0.3) is 0 Å². The third kappa shape index (κ3) is 4.78. The molecule has 0 spiro atoms. The molecule has 72 valence electrons. The molecule has 0 rings (SSSR count). The number of aliphatic hydroxyl groups excluding tert-OH is 1. The van der Waals surface area contributed by atoms with Gasteiger partial charge in [0.1, 0.15) is 0 Å². The fourth-order valence-corrected chi connectivity index (χ4v) is 1.77. The molecule has 1 unspecified atom stereocenters. The van der Waals surface area contributed by atoms with Crippen molar-refractivity contribution >= 4 is 16.9 Å². The Balaban J connectivity index is 4.02.